The molecule has 2 rings (SSSR count). The minimum absolute atomic E-state index is 0.142. The largest absolute Gasteiger partial charge is 0.366 e. The van der Waals surface area contributed by atoms with Gasteiger partial charge in [-0.3, -0.25) is 14.4 Å². The first-order chi connectivity index (χ1) is 13.5. The van der Waals surface area contributed by atoms with Crippen LogP contribution in [-0.4, -0.2) is 35.7 Å². The normalized spacial score (nSPS) is 10.4. The second-order valence-electron chi connectivity index (χ2n) is 6.63. The highest BCUT2D eigenvalue weighted by atomic mass is 16.2. The van der Waals surface area contributed by atoms with Gasteiger partial charge in [0.25, 0.3) is 11.8 Å². The van der Waals surface area contributed by atoms with Crippen molar-refractivity contribution in [3.8, 4) is 0 Å². The van der Waals surface area contributed by atoms with E-state index in [1.165, 1.54) is 18.2 Å². The van der Waals surface area contributed by atoms with E-state index < -0.39 is 5.91 Å². The van der Waals surface area contributed by atoms with Gasteiger partial charge in [-0.25, -0.2) is 0 Å². The van der Waals surface area contributed by atoms with Crippen molar-refractivity contribution in [2.45, 2.75) is 33.2 Å². The summed E-state index contributed by atoms with van der Waals surface area (Å²) in [5.74, 6) is -1.24. The van der Waals surface area contributed by atoms with E-state index in [0.717, 1.165) is 18.4 Å². The van der Waals surface area contributed by atoms with Crippen molar-refractivity contribution >= 4 is 17.7 Å². The van der Waals surface area contributed by atoms with Gasteiger partial charge in [0.1, 0.15) is 0 Å². The van der Waals surface area contributed by atoms with Crippen LogP contribution in [0.1, 0.15) is 63.3 Å². The monoisotopic (exact) mass is 381 g/mol. The standard InChI is InChI=1S/C22H27N3O3/c1-3-10-24-21(27)18-12-17(20(23)26)13-19(14-18)22(28)25(11-4-2)15-16-8-6-5-7-9-16/h5-9,12-14H,3-4,10-11,15H2,1-2H3,(H2,23,26)(H,24,27). The predicted octanol–water partition coefficient (Wildman–Crippen LogP) is 2.98. The molecule has 0 aliphatic rings. The van der Waals surface area contributed by atoms with Crippen LogP contribution in [0.2, 0.25) is 0 Å². The molecule has 6 nitrogen and oxygen atoms in total. The lowest BCUT2D eigenvalue weighted by Crippen LogP contribution is -2.32. The summed E-state index contributed by atoms with van der Waals surface area (Å²) in [6.45, 7) is 5.46. The van der Waals surface area contributed by atoms with Crippen LogP contribution in [0, 0.1) is 0 Å². The van der Waals surface area contributed by atoms with E-state index in [1.807, 2.05) is 44.2 Å². The number of hydrogen-bond donors (Lipinski definition) is 2. The zero-order valence-electron chi connectivity index (χ0n) is 16.4. The summed E-state index contributed by atoms with van der Waals surface area (Å²) in [5, 5.41) is 2.76. The zero-order chi connectivity index (χ0) is 20.5. The first-order valence-electron chi connectivity index (χ1n) is 9.52. The first-order valence-corrected chi connectivity index (χ1v) is 9.52. The van der Waals surface area contributed by atoms with E-state index in [1.54, 1.807) is 4.90 Å². The Morgan fingerprint density at radius 2 is 1.57 bits per heavy atom. The maximum atomic E-state index is 13.1. The van der Waals surface area contributed by atoms with Gasteiger partial charge in [-0.15, -0.1) is 0 Å². The van der Waals surface area contributed by atoms with Gasteiger partial charge in [-0.05, 0) is 36.6 Å². The highest BCUT2D eigenvalue weighted by Crippen LogP contribution is 2.15. The molecule has 28 heavy (non-hydrogen) atoms. The van der Waals surface area contributed by atoms with Crippen LogP contribution in [0.15, 0.2) is 48.5 Å². The fourth-order valence-corrected chi connectivity index (χ4v) is 2.87. The molecule has 0 bridgehead atoms. The van der Waals surface area contributed by atoms with Crippen molar-refractivity contribution in [2.24, 2.45) is 5.73 Å². The van der Waals surface area contributed by atoms with Crippen LogP contribution in [0.4, 0.5) is 0 Å². The number of nitrogens with zero attached hydrogens (tertiary/aromatic N) is 1. The summed E-state index contributed by atoms with van der Waals surface area (Å²) < 4.78 is 0. The molecule has 0 heterocycles. The lowest BCUT2D eigenvalue weighted by molar-refractivity contribution is 0.0743. The van der Waals surface area contributed by atoms with Crippen LogP contribution in [0.3, 0.4) is 0 Å². The molecule has 2 aromatic rings. The minimum atomic E-state index is -0.677. The van der Waals surface area contributed by atoms with Gasteiger partial charge >= 0.3 is 0 Å². The molecule has 3 N–H and O–H groups in total. The number of nitrogens with one attached hydrogen (secondary N) is 1. The number of amides is 3. The van der Waals surface area contributed by atoms with Gasteiger partial charge in [0.15, 0.2) is 0 Å². The Morgan fingerprint density at radius 1 is 0.929 bits per heavy atom. The number of nitrogens with two attached hydrogens (primary N) is 1. The second kappa shape index (κ2) is 10.3. The summed E-state index contributed by atoms with van der Waals surface area (Å²) >= 11 is 0. The molecule has 0 unspecified atom stereocenters. The molecule has 0 saturated heterocycles. The lowest BCUT2D eigenvalue weighted by Gasteiger charge is -2.23. The Hall–Kier alpha value is -3.15. The van der Waals surface area contributed by atoms with E-state index in [4.69, 9.17) is 5.73 Å². The van der Waals surface area contributed by atoms with Crippen molar-refractivity contribution in [3.63, 3.8) is 0 Å². The van der Waals surface area contributed by atoms with E-state index in [0.29, 0.717) is 19.6 Å². The Labute approximate surface area is 165 Å². The number of rotatable bonds is 9. The van der Waals surface area contributed by atoms with Crippen molar-refractivity contribution in [2.75, 3.05) is 13.1 Å². The van der Waals surface area contributed by atoms with E-state index in [9.17, 15) is 14.4 Å². The number of hydrogen-bond acceptors (Lipinski definition) is 3. The molecule has 0 saturated carbocycles. The summed E-state index contributed by atoms with van der Waals surface area (Å²) in [5.41, 5.74) is 7.10. The second-order valence-corrected chi connectivity index (χ2v) is 6.63. The Morgan fingerprint density at radius 3 is 2.18 bits per heavy atom. The number of primary amides is 1. The van der Waals surface area contributed by atoms with E-state index >= 15 is 0 Å². The van der Waals surface area contributed by atoms with E-state index in [2.05, 4.69) is 5.32 Å². The first kappa shape index (κ1) is 21.2. The molecule has 0 atom stereocenters. The fourth-order valence-electron chi connectivity index (χ4n) is 2.87. The average Bonchev–Trinajstić information content (AvgIpc) is 2.71. The van der Waals surface area contributed by atoms with Crippen LogP contribution < -0.4 is 11.1 Å². The number of benzene rings is 2. The molecule has 0 aliphatic carbocycles. The van der Waals surface area contributed by atoms with Crippen LogP contribution in [0.25, 0.3) is 0 Å². The Bertz CT molecular complexity index is 834. The maximum Gasteiger partial charge on any atom is 0.254 e. The highest BCUT2D eigenvalue weighted by Gasteiger charge is 2.19. The maximum absolute atomic E-state index is 13.1. The Kier molecular flexibility index (Phi) is 7.75. The third-order valence-corrected chi connectivity index (χ3v) is 4.26. The minimum Gasteiger partial charge on any atom is -0.366 e. The smallest absolute Gasteiger partial charge is 0.254 e. The highest BCUT2D eigenvalue weighted by molar-refractivity contribution is 6.04. The van der Waals surface area contributed by atoms with Gasteiger partial charge in [-0.1, -0.05) is 44.2 Å². The molecule has 6 heteroatoms. The van der Waals surface area contributed by atoms with Gasteiger partial charge in [-0.2, -0.15) is 0 Å². The van der Waals surface area contributed by atoms with Gasteiger partial charge < -0.3 is 16.0 Å². The molecule has 0 spiro atoms. The van der Waals surface area contributed by atoms with Crippen molar-refractivity contribution < 1.29 is 14.4 Å². The number of carbonyl (C=O) groups is 3. The molecule has 0 aliphatic heterocycles. The summed E-state index contributed by atoms with van der Waals surface area (Å²) in [7, 11) is 0. The van der Waals surface area contributed by atoms with Crippen LogP contribution >= 0.6 is 0 Å². The van der Waals surface area contributed by atoms with Gasteiger partial charge in [0, 0.05) is 36.3 Å². The SMILES string of the molecule is CCCNC(=O)c1cc(C(N)=O)cc(C(=O)N(CCC)Cc2ccccc2)c1. The predicted molar refractivity (Wildman–Crippen MR) is 109 cm³/mol. The number of carbonyl (C=O) groups excluding carboxylic acids is 3. The molecule has 0 aromatic heterocycles. The van der Waals surface area contributed by atoms with Crippen LogP contribution in [0.5, 0.6) is 0 Å². The molecule has 0 fully saturated rings. The quantitative estimate of drug-likeness (QED) is 0.699. The molecular formula is C22H27N3O3. The fraction of sp³-hybridized carbons (Fsp3) is 0.318. The van der Waals surface area contributed by atoms with Gasteiger partial charge in [0.2, 0.25) is 5.91 Å². The topological polar surface area (TPSA) is 92.5 Å². The molecule has 3 amide bonds. The Balaban J connectivity index is 2.35. The molecular weight excluding hydrogens is 354 g/mol. The average molecular weight is 381 g/mol. The summed E-state index contributed by atoms with van der Waals surface area (Å²) in [6, 6.07) is 14.1. The lowest BCUT2D eigenvalue weighted by atomic mass is 10.0. The molecule has 0 radical (unpaired) electrons. The third-order valence-electron chi connectivity index (χ3n) is 4.26. The zero-order valence-corrected chi connectivity index (χ0v) is 16.4. The summed E-state index contributed by atoms with van der Waals surface area (Å²) in [4.78, 5) is 38.9. The van der Waals surface area contributed by atoms with Crippen LogP contribution in [-0.2, 0) is 6.54 Å². The summed E-state index contributed by atoms with van der Waals surface area (Å²) in [6.07, 6.45) is 1.58. The third kappa shape index (κ3) is 5.67. The van der Waals surface area contributed by atoms with E-state index in [-0.39, 0.29) is 28.5 Å². The molecule has 148 valence electrons. The van der Waals surface area contributed by atoms with Crippen molar-refractivity contribution in [1.29, 1.82) is 0 Å². The van der Waals surface area contributed by atoms with Crippen molar-refractivity contribution in [1.82, 2.24) is 10.2 Å². The van der Waals surface area contributed by atoms with Gasteiger partial charge in [0.05, 0.1) is 0 Å². The van der Waals surface area contributed by atoms with Crippen molar-refractivity contribution in [3.05, 3.63) is 70.8 Å². The molecule has 2 aromatic carbocycles.